The fourth-order valence-electron chi connectivity index (χ4n) is 2.46. The molecule has 2 aromatic rings. The lowest BCUT2D eigenvalue weighted by atomic mass is 10.0. The predicted octanol–water partition coefficient (Wildman–Crippen LogP) is 2.96. The summed E-state index contributed by atoms with van der Waals surface area (Å²) < 4.78 is 40.2. The van der Waals surface area contributed by atoms with Gasteiger partial charge < -0.3 is 10.6 Å². The summed E-state index contributed by atoms with van der Waals surface area (Å²) in [6.07, 6.45) is 3.48. The van der Waals surface area contributed by atoms with Crippen LogP contribution in [0.5, 0.6) is 0 Å². The average Bonchev–Trinajstić information content (AvgIpc) is 2.64. The number of halogens is 3. The van der Waals surface area contributed by atoms with Crippen molar-refractivity contribution in [3.05, 3.63) is 65.2 Å². The van der Waals surface area contributed by atoms with Crippen molar-refractivity contribution < 1.29 is 22.8 Å². The van der Waals surface area contributed by atoms with Crippen LogP contribution in [0, 0.1) is 23.4 Å². The smallest absolute Gasteiger partial charge is 0.255 e. The van der Waals surface area contributed by atoms with Crippen LogP contribution in [0.2, 0.25) is 0 Å². The highest BCUT2D eigenvalue weighted by Crippen LogP contribution is 2.16. The van der Waals surface area contributed by atoms with Gasteiger partial charge in [0, 0.05) is 18.9 Å². The summed E-state index contributed by atoms with van der Waals surface area (Å²) in [6.45, 7) is 3.91. The summed E-state index contributed by atoms with van der Waals surface area (Å²) in [6, 6.07) is 4.04. The molecular weight excluding hydrogens is 359 g/mol. The molecule has 1 aromatic heterocycles. The van der Waals surface area contributed by atoms with E-state index in [9.17, 15) is 22.8 Å². The van der Waals surface area contributed by atoms with Crippen LogP contribution in [0.25, 0.3) is 0 Å². The Labute approximate surface area is 155 Å². The summed E-state index contributed by atoms with van der Waals surface area (Å²) in [4.78, 5) is 28.7. The van der Waals surface area contributed by atoms with Gasteiger partial charge in [-0.2, -0.15) is 0 Å². The molecule has 5 nitrogen and oxygen atoms in total. The van der Waals surface area contributed by atoms with E-state index in [2.05, 4.69) is 15.6 Å². The summed E-state index contributed by atoms with van der Waals surface area (Å²) in [5.74, 6) is -6.13. The zero-order valence-corrected chi connectivity index (χ0v) is 14.9. The van der Waals surface area contributed by atoms with E-state index in [0.717, 1.165) is 11.6 Å². The molecule has 0 aliphatic rings. The van der Waals surface area contributed by atoms with Gasteiger partial charge in [-0.25, -0.2) is 13.2 Å². The van der Waals surface area contributed by atoms with Crippen LogP contribution >= 0.6 is 0 Å². The van der Waals surface area contributed by atoms with E-state index in [1.54, 1.807) is 24.5 Å². The maximum atomic E-state index is 13.8. The first kappa shape index (κ1) is 20.4. The van der Waals surface area contributed by atoms with Crippen LogP contribution in [0.1, 0.15) is 36.2 Å². The van der Waals surface area contributed by atoms with Crippen molar-refractivity contribution in [3.8, 4) is 0 Å². The van der Waals surface area contributed by atoms with E-state index < -0.39 is 40.9 Å². The van der Waals surface area contributed by atoms with Gasteiger partial charge in [0.2, 0.25) is 5.91 Å². The second kappa shape index (κ2) is 9.16. The molecule has 0 spiro atoms. The number of amides is 2. The molecule has 0 bridgehead atoms. The van der Waals surface area contributed by atoms with E-state index >= 15 is 0 Å². The Morgan fingerprint density at radius 2 is 1.85 bits per heavy atom. The lowest BCUT2D eigenvalue weighted by molar-refractivity contribution is -0.123. The van der Waals surface area contributed by atoms with Crippen LogP contribution in [-0.2, 0) is 11.3 Å². The monoisotopic (exact) mass is 379 g/mol. The number of hydrogen-bond donors (Lipinski definition) is 2. The van der Waals surface area contributed by atoms with Crippen LogP contribution in [0.3, 0.4) is 0 Å². The maximum absolute atomic E-state index is 13.8. The molecule has 27 heavy (non-hydrogen) atoms. The lowest BCUT2D eigenvalue weighted by Gasteiger charge is -2.20. The van der Waals surface area contributed by atoms with E-state index in [0.29, 0.717) is 6.07 Å². The zero-order chi connectivity index (χ0) is 20.0. The number of pyridine rings is 1. The topological polar surface area (TPSA) is 71.1 Å². The first-order valence-corrected chi connectivity index (χ1v) is 8.40. The molecule has 144 valence electrons. The Morgan fingerprint density at radius 3 is 2.48 bits per heavy atom. The van der Waals surface area contributed by atoms with E-state index in [1.165, 1.54) is 0 Å². The first-order valence-electron chi connectivity index (χ1n) is 8.40. The third-order valence-electron chi connectivity index (χ3n) is 3.80. The minimum atomic E-state index is -1.73. The molecule has 2 amide bonds. The maximum Gasteiger partial charge on any atom is 0.255 e. The zero-order valence-electron chi connectivity index (χ0n) is 14.9. The van der Waals surface area contributed by atoms with E-state index in [4.69, 9.17) is 0 Å². The van der Waals surface area contributed by atoms with Gasteiger partial charge in [-0.1, -0.05) is 19.9 Å². The van der Waals surface area contributed by atoms with Crippen molar-refractivity contribution in [1.82, 2.24) is 15.6 Å². The third-order valence-corrected chi connectivity index (χ3v) is 3.80. The Balaban J connectivity index is 2.10. The molecule has 0 aliphatic carbocycles. The van der Waals surface area contributed by atoms with E-state index in [1.807, 2.05) is 13.8 Å². The molecule has 0 fully saturated rings. The highest BCUT2D eigenvalue weighted by molar-refractivity contribution is 5.97. The number of rotatable bonds is 7. The van der Waals surface area contributed by atoms with Crippen LogP contribution in [-0.4, -0.2) is 22.8 Å². The van der Waals surface area contributed by atoms with Gasteiger partial charge in [-0.3, -0.25) is 14.6 Å². The molecule has 2 rings (SSSR count). The first-order chi connectivity index (χ1) is 12.8. The molecule has 2 N–H and O–H groups in total. The van der Waals surface area contributed by atoms with Crippen molar-refractivity contribution in [2.45, 2.75) is 32.9 Å². The fourth-order valence-corrected chi connectivity index (χ4v) is 2.46. The van der Waals surface area contributed by atoms with Crippen molar-refractivity contribution >= 4 is 11.8 Å². The van der Waals surface area contributed by atoms with E-state index in [-0.39, 0.29) is 18.9 Å². The molecule has 1 atom stereocenters. The standard InChI is InChI=1S/C19H20F3N3O2/c1-11(2)8-15(19(27)24-10-12-4-3-7-23-9-12)25-18(26)13-5-6-14(20)17(22)16(13)21/h3-7,9,11,15H,8,10H2,1-2H3,(H,24,27)(H,25,26)/t15-/m1/s1. The Kier molecular flexibility index (Phi) is 6.92. The highest BCUT2D eigenvalue weighted by atomic mass is 19.2. The second-order valence-electron chi connectivity index (χ2n) is 6.46. The van der Waals surface area contributed by atoms with Gasteiger partial charge in [0.05, 0.1) is 5.56 Å². The number of carbonyl (C=O) groups is 2. The number of hydrogen-bond acceptors (Lipinski definition) is 3. The molecule has 0 unspecified atom stereocenters. The Bertz CT molecular complexity index is 813. The number of benzene rings is 1. The van der Waals surface area contributed by atoms with Crippen LogP contribution in [0.4, 0.5) is 13.2 Å². The van der Waals surface area contributed by atoms with Gasteiger partial charge in [-0.15, -0.1) is 0 Å². The largest absolute Gasteiger partial charge is 0.350 e. The van der Waals surface area contributed by atoms with Gasteiger partial charge in [0.15, 0.2) is 17.5 Å². The highest BCUT2D eigenvalue weighted by Gasteiger charge is 2.25. The van der Waals surface area contributed by atoms with Gasteiger partial charge in [-0.05, 0) is 36.1 Å². The predicted molar refractivity (Wildman–Crippen MR) is 93.1 cm³/mol. The molecule has 8 heteroatoms. The molecule has 0 saturated carbocycles. The molecular formula is C19H20F3N3O2. The van der Waals surface area contributed by atoms with Crippen molar-refractivity contribution in [2.24, 2.45) is 5.92 Å². The number of nitrogens with one attached hydrogen (secondary N) is 2. The van der Waals surface area contributed by atoms with Crippen molar-refractivity contribution in [2.75, 3.05) is 0 Å². The van der Waals surface area contributed by atoms with Gasteiger partial charge in [0.1, 0.15) is 6.04 Å². The lowest BCUT2D eigenvalue weighted by Crippen LogP contribution is -2.47. The van der Waals surface area contributed by atoms with Crippen molar-refractivity contribution in [1.29, 1.82) is 0 Å². The second-order valence-corrected chi connectivity index (χ2v) is 6.46. The van der Waals surface area contributed by atoms with Crippen LogP contribution < -0.4 is 10.6 Å². The van der Waals surface area contributed by atoms with Crippen LogP contribution in [0.15, 0.2) is 36.7 Å². The molecule has 1 heterocycles. The molecule has 1 aromatic carbocycles. The minimum Gasteiger partial charge on any atom is -0.350 e. The Morgan fingerprint density at radius 1 is 1.11 bits per heavy atom. The SMILES string of the molecule is CC(C)C[C@@H](NC(=O)c1ccc(F)c(F)c1F)C(=O)NCc1cccnc1. The normalized spacial score (nSPS) is 11.9. The van der Waals surface area contributed by atoms with Gasteiger partial charge in [0.25, 0.3) is 5.91 Å². The third kappa shape index (κ3) is 5.54. The van der Waals surface area contributed by atoms with Crippen molar-refractivity contribution in [3.63, 3.8) is 0 Å². The average molecular weight is 379 g/mol. The molecule has 0 saturated heterocycles. The number of aromatic nitrogens is 1. The fraction of sp³-hybridized carbons (Fsp3) is 0.316. The Hall–Kier alpha value is -2.90. The summed E-state index contributed by atoms with van der Waals surface area (Å²) in [5, 5.41) is 5.07. The summed E-state index contributed by atoms with van der Waals surface area (Å²) >= 11 is 0. The molecule has 0 radical (unpaired) electrons. The minimum absolute atomic E-state index is 0.0502. The molecule has 0 aliphatic heterocycles. The number of carbonyl (C=O) groups excluding carboxylic acids is 2. The summed E-state index contributed by atoms with van der Waals surface area (Å²) in [5.41, 5.74) is 0.106. The number of nitrogens with zero attached hydrogens (tertiary/aromatic N) is 1. The van der Waals surface area contributed by atoms with Gasteiger partial charge >= 0.3 is 0 Å². The quantitative estimate of drug-likeness (QED) is 0.727. The summed E-state index contributed by atoms with van der Waals surface area (Å²) in [7, 11) is 0.